The van der Waals surface area contributed by atoms with E-state index in [4.69, 9.17) is 11.6 Å². The second-order valence-electron chi connectivity index (χ2n) is 6.83. The maximum atomic E-state index is 12.5. The largest absolute Gasteiger partial charge is 0.349 e. The molecule has 0 aromatic heterocycles. The molecule has 0 radical (unpaired) electrons. The highest BCUT2D eigenvalue weighted by Crippen LogP contribution is 2.24. The van der Waals surface area contributed by atoms with E-state index >= 15 is 0 Å². The van der Waals surface area contributed by atoms with Crippen LogP contribution in [0.2, 0.25) is 5.02 Å². The first-order valence-electron chi connectivity index (χ1n) is 9.01. The number of carbonyl (C=O) groups excluding carboxylic acids is 2. The van der Waals surface area contributed by atoms with Crippen LogP contribution in [0.3, 0.4) is 0 Å². The molecular weight excluding hydrogens is 348 g/mol. The van der Waals surface area contributed by atoms with Gasteiger partial charge in [0.1, 0.15) is 0 Å². The summed E-state index contributed by atoms with van der Waals surface area (Å²) in [5.41, 5.74) is 2.50. The minimum Gasteiger partial charge on any atom is -0.349 e. The molecule has 2 aromatic rings. The van der Waals surface area contributed by atoms with Crippen molar-refractivity contribution in [2.24, 2.45) is 0 Å². The summed E-state index contributed by atoms with van der Waals surface area (Å²) >= 11 is 6.21. The Kier molecular flexibility index (Phi) is 5.94. The normalized spacial score (nSPS) is 14.7. The number of nitrogens with one attached hydrogen (secondary N) is 2. The molecular formula is C21H23ClN2O2. The first-order valence-corrected chi connectivity index (χ1v) is 9.39. The molecule has 136 valence electrons. The topological polar surface area (TPSA) is 58.2 Å². The molecule has 3 rings (SSSR count). The van der Waals surface area contributed by atoms with Gasteiger partial charge < -0.3 is 10.6 Å². The third-order valence-electron chi connectivity index (χ3n) is 4.70. The Morgan fingerprint density at radius 3 is 2.42 bits per heavy atom. The van der Waals surface area contributed by atoms with Crippen LogP contribution in [-0.2, 0) is 0 Å². The van der Waals surface area contributed by atoms with Gasteiger partial charge in [-0.3, -0.25) is 9.59 Å². The van der Waals surface area contributed by atoms with Crippen LogP contribution >= 0.6 is 11.6 Å². The van der Waals surface area contributed by atoms with Crippen LogP contribution in [-0.4, -0.2) is 17.9 Å². The number of aryl methyl sites for hydroxylation is 1. The minimum atomic E-state index is -0.250. The van der Waals surface area contributed by atoms with E-state index in [-0.39, 0.29) is 17.9 Å². The van der Waals surface area contributed by atoms with E-state index < -0.39 is 0 Å². The number of hydrogen-bond acceptors (Lipinski definition) is 2. The summed E-state index contributed by atoms with van der Waals surface area (Å²) in [6.45, 7) is 1.93. The first kappa shape index (κ1) is 18.5. The summed E-state index contributed by atoms with van der Waals surface area (Å²) in [7, 11) is 0. The van der Waals surface area contributed by atoms with Crippen molar-refractivity contribution in [1.29, 1.82) is 0 Å². The van der Waals surface area contributed by atoms with E-state index in [0.717, 1.165) is 31.2 Å². The monoisotopic (exact) mass is 370 g/mol. The third kappa shape index (κ3) is 4.64. The van der Waals surface area contributed by atoms with E-state index in [2.05, 4.69) is 10.6 Å². The van der Waals surface area contributed by atoms with E-state index in [1.165, 1.54) is 6.42 Å². The Morgan fingerprint density at radius 2 is 1.69 bits per heavy atom. The Balaban J connectivity index is 1.72. The molecule has 1 fully saturated rings. The quantitative estimate of drug-likeness (QED) is 0.798. The van der Waals surface area contributed by atoms with Gasteiger partial charge in [-0.2, -0.15) is 0 Å². The van der Waals surface area contributed by atoms with E-state index in [9.17, 15) is 9.59 Å². The van der Waals surface area contributed by atoms with Gasteiger partial charge >= 0.3 is 0 Å². The number of rotatable bonds is 4. The lowest BCUT2D eigenvalue weighted by molar-refractivity contribution is 0.0926. The Hall–Kier alpha value is -2.33. The number of benzene rings is 2. The van der Waals surface area contributed by atoms with Crippen molar-refractivity contribution in [3.05, 3.63) is 64.2 Å². The van der Waals surface area contributed by atoms with Gasteiger partial charge in [0.05, 0.1) is 10.7 Å². The first-order chi connectivity index (χ1) is 12.5. The molecule has 0 spiro atoms. The lowest BCUT2D eigenvalue weighted by Gasteiger charge is -2.23. The summed E-state index contributed by atoms with van der Waals surface area (Å²) in [4.78, 5) is 25.0. The lowest BCUT2D eigenvalue weighted by atomic mass is 9.95. The lowest BCUT2D eigenvalue weighted by Crippen LogP contribution is -2.36. The molecule has 2 aromatic carbocycles. The average Bonchev–Trinajstić information content (AvgIpc) is 2.64. The van der Waals surface area contributed by atoms with Crippen molar-refractivity contribution in [1.82, 2.24) is 5.32 Å². The zero-order valence-corrected chi connectivity index (χ0v) is 15.6. The molecule has 26 heavy (non-hydrogen) atoms. The second kappa shape index (κ2) is 8.37. The highest BCUT2D eigenvalue weighted by molar-refractivity contribution is 6.34. The molecule has 2 N–H and O–H groups in total. The molecule has 0 aliphatic heterocycles. The zero-order chi connectivity index (χ0) is 18.5. The van der Waals surface area contributed by atoms with Crippen LogP contribution in [0, 0.1) is 6.92 Å². The molecule has 1 saturated carbocycles. The summed E-state index contributed by atoms with van der Waals surface area (Å²) in [5, 5.41) is 6.28. The highest BCUT2D eigenvalue weighted by Gasteiger charge is 2.18. The van der Waals surface area contributed by atoms with Gasteiger partial charge in [0.15, 0.2) is 0 Å². The van der Waals surface area contributed by atoms with Crippen molar-refractivity contribution in [3.8, 4) is 0 Å². The molecule has 0 heterocycles. The average molecular weight is 371 g/mol. The number of hydrogen-bond donors (Lipinski definition) is 2. The maximum absolute atomic E-state index is 12.5. The summed E-state index contributed by atoms with van der Waals surface area (Å²) in [5.74, 6) is -0.375. The highest BCUT2D eigenvalue weighted by atomic mass is 35.5. The summed E-state index contributed by atoms with van der Waals surface area (Å²) < 4.78 is 0. The van der Waals surface area contributed by atoms with E-state index in [1.54, 1.807) is 24.3 Å². The van der Waals surface area contributed by atoms with Crippen molar-refractivity contribution in [3.63, 3.8) is 0 Å². The summed E-state index contributed by atoms with van der Waals surface area (Å²) in [6, 6.07) is 12.5. The Labute approximate surface area is 158 Å². The number of amides is 2. The van der Waals surface area contributed by atoms with Crippen LogP contribution in [0.4, 0.5) is 5.69 Å². The van der Waals surface area contributed by atoms with Crippen LogP contribution < -0.4 is 10.6 Å². The van der Waals surface area contributed by atoms with Crippen molar-refractivity contribution in [2.45, 2.75) is 45.1 Å². The summed E-state index contributed by atoms with van der Waals surface area (Å²) in [6.07, 6.45) is 5.60. The molecule has 5 heteroatoms. The zero-order valence-electron chi connectivity index (χ0n) is 14.8. The number of carbonyl (C=O) groups is 2. The molecule has 4 nitrogen and oxygen atoms in total. The molecule has 2 amide bonds. The SMILES string of the molecule is Cc1cccc(C(=O)Nc2cc(C(=O)NC3CCCCC3)ccc2Cl)c1. The molecule has 1 aliphatic rings. The van der Waals surface area contributed by atoms with E-state index in [1.807, 2.05) is 25.1 Å². The van der Waals surface area contributed by atoms with Gasteiger partial charge in [-0.05, 0) is 50.1 Å². The van der Waals surface area contributed by atoms with Gasteiger partial charge in [0, 0.05) is 17.2 Å². The van der Waals surface area contributed by atoms with Gasteiger partial charge in [-0.1, -0.05) is 48.6 Å². The van der Waals surface area contributed by atoms with Crippen molar-refractivity contribution < 1.29 is 9.59 Å². The molecule has 1 aliphatic carbocycles. The predicted molar refractivity (Wildman–Crippen MR) is 105 cm³/mol. The van der Waals surface area contributed by atoms with Gasteiger partial charge in [-0.25, -0.2) is 0 Å². The van der Waals surface area contributed by atoms with Gasteiger partial charge in [-0.15, -0.1) is 0 Å². The van der Waals surface area contributed by atoms with Gasteiger partial charge in [0.25, 0.3) is 11.8 Å². The fourth-order valence-corrected chi connectivity index (χ4v) is 3.42. The fourth-order valence-electron chi connectivity index (χ4n) is 3.26. The molecule has 0 saturated heterocycles. The van der Waals surface area contributed by atoms with Crippen molar-refractivity contribution in [2.75, 3.05) is 5.32 Å². The minimum absolute atomic E-state index is 0.125. The van der Waals surface area contributed by atoms with Crippen LogP contribution in [0.15, 0.2) is 42.5 Å². The maximum Gasteiger partial charge on any atom is 0.255 e. The third-order valence-corrected chi connectivity index (χ3v) is 5.03. The van der Waals surface area contributed by atoms with Crippen molar-refractivity contribution >= 4 is 29.1 Å². The Bertz CT molecular complexity index is 813. The Morgan fingerprint density at radius 1 is 0.962 bits per heavy atom. The molecule has 0 atom stereocenters. The van der Waals surface area contributed by atoms with Gasteiger partial charge in [0.2, 0.25) is 0 Å². The van der Waals surface area contributed by atoms with Crippen LogP contribution in [0.1, 0.15) is 58.4 Å². The van der Waals surface area contributed by atoms with Crippen LogP contribution in [0.5, 0.6) is 0 Å². The molecule has 0 bridgehead atoms. The van der Waals surface area contributed by atoms with E-state index in [0.29, 0.717) is 21.8 Å². The number of anilines is 1. The smallest absolute Gasteiger partial charge is 0.255 e. The van der Waals surface area contributed by atoms with Crippen LogP contribution in [0.25, 0.3) is 0 Å². The second-order valence-corrected chi connectivity index (χ2v) is 7.23. The molecule has 0 unspecified atom stereocenters. The predicted octanol–water partition coefficient (Wildman–Crippen LogP) is 4.96. The number of halogens is 1. The fraction of sp³-hybridized carbons (Fsp3) is 0.333. The standard InChI is InChI=1S/C21H23ClN2O2/c1-14-6-5-7-15(12-14)21(26)24-19-13-16(10-11-18(19)22)20(25)23-17-8-3-2-4-9-17/h5-7,10-13,17H,2-4,8-9H2,1H3,(H,23,25)(H,24,26).